The van der Waals surface area contributed by atoms with E-state index in [1.54, 1.807) is 10.6 Å². The number of hydrogen-bond donors (Lipinski definition) is 3. The summed E-state index contributed by atoms with van der Waals surface area (Å²) in [6.45, 7) is 6.73. The highest BCUT2D eigenvalue weighted by Crippen LogP contribution is 2.24. The summed E-state index contributed by atoms with van der Waals surface area (Å²) in [5.74, 6) is 0.397. The van der Waals surface area contributed by atoms with E-state index in [9.17, 15) is 14.9 Å². The summed E-state index contributed by atoms with van der Waals surface area (Å²) in [4.78, 5) is 37.9. The number of rotatable bonds is 14. The van der Waals surface area contributed by atoms with Crippen LogP contribution in [0.5, 0.6) is 11.8 Å². The van der Waals surface area contributed by atoms with Crippen molar-refractivity contribution in [2.45, 2.75) is 84.0 Å². The Morgan fingerprint density at radius 1 is 1.29 bits per heavy atom. The number of nitrogens with one attached hydrogen (secondary N) is 2. The topological polar surface area (TPSA) is 164 Å². The molecule has 12 heteroatoms. The first-order valence-corrected chi connectivity index (χ1v) is 14.4. The van der Waals surface area contributed by atoms with E-state index in [4.69, 9.17) is 15.2 Å². The second kappa shape index (κ2) is 14.6. The van der Waals surface area contributed by atoms with Crippen LogP contribution in [-0.2, 0) is 17.9 Å². The van der Waals surface area contributed by atoms with Crippen LogP contribution < -0.4 is 26.2 Å². The number of anilines is 1. The number of hydrogen-bond acceptors (Lipinski definition) is 10. The highest BCUT2D eigenvalue weighted by molar-refractivity contribution is 5.81. The molecule has 1 fully saturated rings. The number of nitrogen functional groups attached to an aromatic ring is 1. The number of likely N-dealkylation sites (tertiary alicyclic amines) is 1. The summed E-state index contributed by atoms with van der Waals surface area (Å²) in [6.07, 6.45) is 5.88. The van der Waals surface area contributed by atoms with Gasteiger partial charge in [-0.1, -0.05) is 25.5 Å². The zero-order chi connectivity index (χ0) is 29.2. The molecular weight excluding hydrogens is 524 g/mol. The Morgan fingerprint density at radius 3 is 2.93 bits per heavy atom. The van der Waals surface area contributed by atoms with E-state index in [-0.39, 0.29) is 29.5 Å². The molecule has 0 aliphatic carbocycles. The third-order valence-electron chi connectivity index (χ3n) is 7.38. The highest BCUT2D eigenvalue weighted by Gasteiger charge is 2.28. The summed E-state index contributed by atoms with van der Waals surface area (Å²) in [7, 11) is 0. The van der Waals surface area contributed by atoms with Gasteiger partial charge in [0.2, 0.25) is 0 Å². The van der Waals surface area contributed by atoms with Crippen LogP contribution in [0, 0.1) is 11.3 Å². The molecule has 0 amide bonds. The van der Waals surface area contributed by atoms with E-state index in [1.807, 2.05) is 18.2 Å². The average molecular weight is 565 g/mol. The lowest BCUT2D eigenvalue weighted by atomic mass is 9.93. The van der Waals surface area contributed by atoms with Crippen LogP contribution in [0.1, 0.15) is 64.4 Å². The van der Waals surface area contributed by atoms with E-state index in [0.717, 1.165) is 57.2 Å². The van der Waals surface area contributed by atoms with Gasteiger partial charge in [0.25, 0.3) is 0 Å². The molecule has 1 aliphatic rings. The number of fused-ring (bicyclic) bond motifs is 1. The number of nitriles is 1. The summed E-state index contributed by atoms with van der Waals surface area (Å²) in [5, 5.41) is 12.8. The number of aromatic amines is 1. The smallest absolute Gasteiger partial charge is 0.327 e. The lowest BCUT2D eigenvalue weighted by Gasteiger charge is -2.40. The first-order valence-electron chi connectivity index (χ1n) is 14.4. The predicted molar refractivity (Wildman–Crippen MR) is 155 cm³/mol. The van der Waals surface area contributed by atoms with Crippen molar-refractivity contribution >= 4 is 23.0 Å². The maximum Gasteiger partial charge on any atom is 0.327 e. The first-order chi connectivity index (χ1) is 19.9. The molecule has 0 radical (unpaired) electrons. The maximum atomic E-state index is 12.8. The third-order valence-corrected chi connectivity index (χ3v) is 7.38. The quantitative estimate of drug-likeness (QED) is 0.150. The minimum atomic E-state index is -0.339. The molecule has 41 heavy (non-hydrogen) atoms. The molecular formula is C29H40N8O4. The fourth-order valence-corrected chi connectivity index (χ4v) is 5.32. The van der Waals surface area contributed by atoms with Crippen molar-refractivity contribution in [1.82, 2.24) is 29.7 Å². The number of esters is 1. The molecule has 1 aromatic carbocycles. The average Bonchev–Trinajstić information content (AvgIpc) is 3.27. The van der Waals surface area contributed by atoms with Crippen molar-refractivity contribution in [1.29, 1.82) is 5.26 Å². The standard InChI is InChI=1S/C29H40N8O4/c1-3-4-16-40-28-34-26(31)25-27(35-28)37(29(39)33-25)14-6-9-23-18-22(11-15-36(23)13-7-12-30)32-19-21-8-5-10-24(17-21)41-20(2)38/h5,8,10,17,22-23,32H,3-4,6-7,9,11,13-16,18-19H2,1-2H3,(H,33,39)(H2,31,34,35). The number of benzene rings is 1. The number of imidazole rings is 1. The molecule has 12 nitrogen and oxygen atoms in total. The second-order valence-corrected chi connectivity index (χ2v) is 10.5. The number of H-pyrrole nitrogens is 1. The van der Waals surface area contributed by atoms with Gasteiger partial charge in [-0.2, -0.15) is 15.2 Å². The van der Waals surface area contributed by atoms with E-state index in [1.165, 1.54) is 6.92 Å². The molecule has 220 valence electrons. The first kappa shape index (κ1) is 30.0. The molecule has 2 unspecified atom stereocenters. The number of piperidine rings is 1. The Morgan fingerprint density at radius 2 is 2.15 bits per heavy atom. The Bertz CT molecular complexity index is 1410. The minimum Gasteiger partial charge on any atom is -0.463 e. The van der Waals surface area contributed by atoms with Crippen LogP contribution in [0.3, 0.4) is 0 Å². The van der Waals surface area contributed by atoms with Gasteiger partial charge in [-0.15, -0.1) is 0 Å². The van der Waals surface area contributed by atoms with Gasteiger partial charge in [0.1, 0.15) is 11.3 Å². The predicted octanol–water partition coefficient (Wildman–Crippen LogP) is 3.12. The van der Waals surface area contributed by atoms with Crippen molar-refractivity contribution in [3.8, 4) is 17.8 Å². The van der Waals surface area contributed by atoms with Gasteiger partial charge >= 0.3 is 17.7 Å². The van der Waals surface area contributed by atoms with Crippen molar-refractivity contribution in [3.63, 3.8) is 0 Å². The third kappa shape index (κ3) is 8.28. The summed E-state index contributed by atoms with van der Waals surface area (Å²) in [6, 6.07) is 10.6. The molecule has 1 saturated heterocycles. The number of carbonyl (C=O) groups is 1. The highest BCUT2D eigenvalue weighted by atomic mass is 16.5. The Kier molecular flexibility index (Phi) is 10.7. The zero-order valence-corrected chi connectivity index (χ0v) is 23.9. The molecule has 1 aliphatic heterocycles. The lowest BCUT2D eigenvalue weighted by Crippen LogP contribution is -2.48. The Hall–Kier alpha value is -3.95. The number of aryl methyl sites for hydroxylation is 1. The maximum absolute atomic E-state index is 12.8. The van der Waals surface area contributed by atoms with Crippen LogP contribution in [0.25, 0.3) is 11.2 Å². The zero-order valence-electron chi connectivity index (χ0n) is 23.9. The van der Waals surface area contributed by atoms with Crippen LogP contribution in [0.4, 0.5) is 5.82 Å². The van der Waals surface area contributed by atoms with Crippen LogP contribution in [0.2, 0.25) is 0 Å². The number of unbranched alkanes of at least 4 members (excludes halogenated alkanes) is 1. The molecule has 4 N–H and O–H groups in total. The lowest BCUT2D eigenvalue weighted by molar-refractivity contribution is -0.131. The monoisotopic (exact) mass is 564 g/mol. The van der Waals surface area contributed by atoms with Gasteiger partial charge in [0.05, 0.1) is 12.7 Å². The van der Waals surface area contributed by atoms with E-state index in [0.29, 0.717) is 49.1 Å². The van der Waals surface area contributed by atoms with Gasteiger partial charge in [-0.25, -0.2) is 4.79 Å². The van der Waals surface area contributed by atoms with Crippen LogP contribution in [-0.4, -0.2) is 62.2 Å². The molecule has 3 heterocycles. The van der Waals surface area contributed by atoms with Gasteiger partial charge in [0, 0.05) is 45.1 Å². The summed E-state index contributed by atoms with van der Waals surface area (Å²) >= 11 is 0. The molecule has 2 atom stereocenters. The number of carbonyl (C=O) groups excluding carboxylic acids is 1. The van der Waals surface area contributed by atoms with Crippen LogP contribution >= 0.6 is 0 Å². The van der Waals surface area contributed by atoms with Gasteiger partial charge < -0.3 is 25.5 Å². The molecule has 0 saturated carbocycles. The van der Waals surface area contributed by atoms with Crippen LogP contribution in [0.15, 0.2) is 29.1 Å². The number of aromatic nitrogens is 4. The Labute approximate surface area is 239 Å². The fraction of sp³-hybridized carbons (Fsp3) is 0.552. The van der Waals surface area contributed by atoms with E-state index < -0.39 is 0 Å². The molecule has 2 aromatic heterocycles. The van der Waals surface area contributed by atoms with E-state index in [2.05, 4.69) is 38.2 Å². The van der Waals surface area contributed by atoms with Crippen molar-refractivity contribution in [2.24, 2.45) is 0 Å². The van der Waals surface area contributed by atoms with Gasteiger partial charge in [-0.05, 0) is 56.3 Å². The molecule has 4 rings (SSSR count). The van der Waals surface area contributed by atoms with Gasteiger partial charge in [-0.3, -0.25) is 14.3 Å². The number of nitrogens with two attached hydrogens (primary N) is 1. The SMILES string of the molecule is CCCCOc1nc(N)c2[nH]c(=O)n(CCCC3CC(NCc4cccc(OC(C)=O)c4)CCN3CCC#N)c2n1. The van der Waals surface area contributed by atoms with Crippen molar-refractivity contribution < 1.29 is 14.3 Å². The number of nitrogens with zero attached hydrogens (tertiary/aromatic N) is 5. The molecule has 3 aromatic rings. The van der Waals surface area contributed by atoms with Gasteiger partial charge in [0.15, 0.2) is 11.5 Å². The summed E-state index contributed by atoms with van der Waals surface area (Å²) in [5.41, 5.74) is 7.75. The van der Waals surface area contributed by atoms with Crippen molar-refractivity contribution in [3.05, 3.63) is 40.3 Å². The summed E-state index contributed by atoms with van der Waals surface area (Å²) < 4.78 is 12.5. The van der Waals surface area contributed by atoms with Crippen molar-refractivity contribution in [2.75, 3.05) is 25.4 Å². The van der Waals surface area contributed by atoms with E-state index >= 15 is 0 Å². The fourth-order valence-electron chi connectivity index (χ4n) is 5.32. The second-order valence-electron chi connectivity index (χ2n) is 10.5. The normalized spacial score (nSPS) is 17.4. The minimum absolute atomic E-state index is 0.179. The largest absolute Gasteiger partial charge is 0.463 e. The molecule has 0 bridgehead atoms. The molecule has 0 spiro atoms. The Balaban J connectivity index is 1.39. The number of ether oxygens (including phenoxy) is 2.